The van der Waals surface area contributed by atoms with E-state index < -0.39 is 0 Å². The molecule has 0 heterocycles. The van der Waals surface area contributed by atoms with Crippen LogP contribution in [0.2, 0.25) is 0 Å². The van der Waals surface area contributed by atoms with Crippen LogP contribution in [0.1, 0.15) is 109 Å². The molecule has 0 aromatic carbocycles. The molecule has 0 radical (unpaired) electrons. The van der Waals surface area contributed by atoms with Crippen LogP contribution >= 0.6 is 0 Å². The summed E-state index contributed by atoms with van der Waals surface area (Å²) in [6.07, 6.45) is 3.98. The lowest BCUT2D eigenvalue weighted by Gasteiger charge is -2.43. The fourth-order valence-electron chi connectivity index (χ4n) is 3.58. The van der Waals surface area contributed by atoms with Gasteiger partial charge in [-0.2, -0.15) is 0 Å². The normalized spacial score (nSPS) is 16.6. The lowest BCUT2D eigenvalue weighted by atomic mass is 9.62. The number of hydrogen-bond acceptors (Lipinski definition) is 0. The Kier molecular flexibility index (Phi) is 17.8. The molecule has 0 aliphatic carbocycles. The first kappa shape index (κ1) is 26.9. The highest BCUT2D eigenvalue weighted by atomic mass is 14.4. The molecular formula is C22H50. The molecule has 0 aliphatic rings. The molecular weight excluding hydrogens is 264 g/mol. The van der Waals surface area contributed by atoms with Crippen molar-refractivity contribution in [3.63, 3.8) is 0 Å². The third kappa shape index (κ3) is 9.21. The standard InChI is InChI=1S/C18H38.2C2H6/c1-10-12-14(5)15(6)17(13(3)4)16(7)18(8,9)11-2;2*1-2/h13-17H,10-12H2,1-9H3;2*1-2H3. The van der Waals surface area contributed by atoms with Gasteiger partial charge in [0.1, 0.15) is 0 Å². The van der Waals surface area contributed by atoms with E-state index >= 15 is 0 Å². The van der Waals surface area contributed by atoms with Crippen LogP contribution in [-0.2, 0) is 0 Å². The van der Waals surface area contributed by atoms with E-state index in [0.29, 0.717) is 5.41 Å². The van der Waals surface area contributed by atoms with Gasteiger partial charge in [-0.25, -0.2) is 0 Å². The van der Waals surface area contributed by atoms with Crippen molar-refractivity contribution in [2.75, 3.05) is 0 Å². The SMILES string of the molecule is CC.CC.CCCC(C)C(C)C(C(C)C)C(C)C(C)(C)CC. The van der Waals surface area contributed by atoms with Gasteiger partial charge in [0.2, 0.25) is 0 Å². The quantitative estimate of drug-likeness (QED) is 0.421. The highest BCUT2D eigenvalue weighted by molar-refractivity contribution is 4.85. The lowest BCUT2D eigenvalue weighted by Crippen LogP contribution is -2.36. The van der Waals surface area contributed by atoms with Gasteiger partial charge in [-0.05, 0) is 35.0 Å². The van der Waals surface area contributed by atoms with Gasteiger partial charge in [0.25, 0.3) is 0 Å². The predicted octanol–water partition coefficient (Wildman–Crippen LogP) is 8.46. The first-order valence-corrected chi connectivity index (χ1v) is 10.2. The Morgan fingerprint density at radius 2 is 1.18 bits per heavy atom. The Hall–Kier alpha value is 0. The van der Waals surface area contributed by atoms with Crippen molar-refractivity contribution in [2.24, 2.45) is 35.0 Å². The van der Waals surface area contributed by atoms with E-state index in [2.05, 4.69) is 62.3 Å². The molecule has 0 spiro atoms. The van der Waals surface area contributed by atoms with Crippen molar-refractivity contribution < 1.29 is 0 Å². The summed E-state index contributed by atoms with van der Waals surface area (Å²) in [5.41, 5.74) is 0.467. The van der Waals surface area contributed by atoms with Crippen molar-refractivity contribution in [2.45, 2.75) is 109 Å². The third-order valence-corrected chi connectivity index (χ3v) is 5.74. The zero-order chi connectivity index (χ0) is 18.5. The second kappa shape index (κ2) is 14.6. The maximum absolute atomic E-state index is 2.49. The molecule has 0 fully saturated rings. The molecule has 22 heavy (non-hydrogen) atoms. The molecule has 0 aromatic rings. The summed E-state index contributed by atoms with van der Waals surface area (Å²) in [6, 6.07) is 0. The fourth-order valence-corrected chi connectivity index (χ4v) is 3.58. The summed E-state index contributed by atoms with van der Waals surface area (Å²) in [5.74, 6) is 4.14. The van der Waals surface area contributed by atoms with Gasteiger partial charge < -0.3 is 0 Å². The lowest BCUT2D eigenvalue weighted by molar-refractivity contribution is 0.0550. The van der Waals surface area contributed by atoms with Gasteiger partial charge in [-0.3, -0.25) is 0 Å². The average molecular weight is 315 g/mol. The largest absolute Gasteiger partial charge is 0.0683 e. The first-order valence-electron chi connectivity index (χ1n) is 10.2. The van der Waals surface area contributed by atoms with Crippen LogP contribution in [0, 0.1) is 35.0 Å². The topological polar surface area (TPSA) is 0 Å². The summed E-state index contributed by atoms with van der Waals surface area (Å²) in [5, 5.41) is 0. The molecule has 0 amide bonds. The van der Waals surface area contributed by atoms with Crippen molar-refractivity contribution in [1.82, 2.24) is 0 Å². The zero-order valence-corrected chi connectivity index (χ0v) is 18.5. The van der Waals surface area contributed by atoms with Gasteiger partial charge in [0, 0.05) is 0 Å². The number of rotatable bonds is 8. The third-order valence-electron chi connectivity index (χ3n) is 5.74. The van der Waals surface area contributed by atoms with E-state index in [9.17, 15) is 0 Å². The van der Waals surface area contributed by atoms with Gasteiger partial charge in [-0.15, -0.1) is 0 Å². The molecule has 0 nitrogen and oxygen atoms in total. The molecule has 0 aliphatic heterocycles. The van der Waals surface area contributed by atoms with Crippen LogP contribution in [0.25, 0.3) is 0 Å². The van der Waals surface area contributed by atoms with Gasteiger partial charge >= 0.3 is 0 Å². The number of hydrogen-bond donors (Lipinski definition) is 0. The minimum Gasteiger partial charge on any atom is -0.0683 e. The van der Waals surface area contributed by atoms with E-state index in [1.54, 1.807) is 0 Å². The summed E-state index contributed by atoms with van der Waals surface area (Å²) < 4.78 is 0. The zero-order valence-electron chi connectivity index (χ0n) is 18.5. The van der Waals surface area contributed by atoms with Crippen LogP contribution in [0.5, 0.6) is 0 Å². The molecule has 4 unspecified atom stereocenters. The molecule has 0 heteroatoms. The maximum atomic E-state index is 2.49. The molecule has 0 saturated carbocycles. The monoisotopic (exact) mass is 314 g/mol. The molecule has 4 atom stereocenters. The Morgan fingerprint density at radius 1 is 0.773 bits per heavy atom. The predicted molar refractivity (Wildman–Crippen MR) is 107 cm³/mol. The fraction of sp³-hybridized carbons (Fsp3) is 1.00. The maximum Gasteiger partial charge on any atom is -0.0328 e. The minimum absolute atomic E-state index is 0.467. The summed E-state index contributed by atoms with van der Waals surface area (Å²) >= 11 is 0. The molecule has 0 aromatic heterocycles. The Labute approximate surface area is 144 Å². The van der Waals surface area contributed by atoms with E-state index in [0.717, 1.165) is 29.6 Å². The van der Waals surface area contributed by atoms with Crippen molar-refractivity contribution in [3.8, 4) is 0 Å². The Bertz CT molecular complexity index is 214. The van der Waals surface area contributed by atoms with Crippen molar-refractivity contribution in [3.05, 3.63) is 0 Å². The van der Waals surface area contributed by atoms with E-state index in [-0.39, 0.29) is 0 Å². The first-order chi connectivity index (χ1) is 10.2. The summed E-state index contributed by atoms with van der Waals surface area (Å²) in [6.45, 7) is 29.8. The van der Waals surface area contributed by atoms with Gasteiger partial charge in [0.15, 0.2) is 0 Å². The summed E-state index contributed by atoms with van der Waals surface area (Å²) in [7, 11) is 0. The highest BCUT2D eigenvalue weighted by Gasteiger charge is 2.36. The smallest absolute Gasteiger partial charge is 0.0328 e. The van der Waals surface area contributed by atoms with Gasteiger partial charge in [-0.1, -0.05) is 109 Å². The Balaban J connectivity index is -0.000000826. The summed E-state index contributed by atoms with van der Waals surface area (Å²) in [4.78, 5) is 0. The molecule has 0 rings (SSSR count). The second-order valence-corrected chi connectivity index (χ2v) is 7.58. The molecule has 0 saturated heterocycles. The molecule has 0 bridgehead atoms. The second-order valence-electron chi connectivity index (χ2n) is 7.58. The van der Waals surface area contributed by atoms with E-state index in [1.807, 2.05) is 27.7 Å². The van der Waals surface area contributed by atoms with Crippen molar-refractivity contribution >= 4 is 0 Å². The van der Waals surface area contributed by atoms with Crippen LogP contribution in [0.15, 0.2) is 0 Å². The average Bonchev–Trinajstić information content (AvgIpc) is 2.51. The van der Waals surface area contributed by atoms with E-state index in [1.165, 1.54) is 19.3 Å². The van der Waals surface area contributed by atoms with E-state index in [4.69, 9.17) is 0 Å². The molecule has 0 N–H and O–H groups in total. The van der Waals surface area contributed by atoms with Crippen LogP contribution in [0.3, 0.4) is 0 Å². The van der Waals surface area contributed by atoms with Crippen molar-refractivity contribution in [1.29, 1.82) is 0 Å². The van der Waals surface area contributed by atoms with Crippen LogP contribution in [-0.4, -0.2) is 0 Å². The van der Waals surface area contributed by atoms with Gasteiger partial charge in [0.05, 0.1) is 0 Å². The minimum atomic E-state index is 0.467. The Morgan fingerprint density at radius 3 is 1.45 bits per heavy atom. The van der Waals surface area contributed by atoms with Crippen LogP contribution < -0.4 is 0 Å². The molecule has 138 valence electrons. The highest BCUT2D eigenvalue weighted by Crippen LogP contribution is 2.44. The van der Waals surface area contributed by atoms with Crippen LogP contribution in [0.4, 0.5) is 0 Å².